The first kappa shape index (κ1) is 14.3. The monoisotopic (exact) mass is 268 g/mol. The van der Waals surface area contributed by atoms with Crippen LogP contribution in [0.25, 0.3) is 0 Å². The number of carbonyl (C=O) groups excluding carboxylic acids is 1. The molecule has 0 saturated heterocycles. The number of hydrogen-bond donors (Lipinski definition) is 3. The number of nitrogens with zero attached hydrogens (tertiary/aromatic N) is 1. The lowest BCUT2D eigenvalue weighted by atomic mass is 10.2. The summed E-state index contributed by atoms with van der Waals surface area (Å²) in [5.41, 5.74) is 6.18. The van der Waals surface area contributed by atoms with E-state index in [1.165, 1.54) is 0 Å². The van der Waals surface area contributed by atoms with Gasteiger partial charge in [-0.2, -0.15) is 0 Å². The van der Waals surface area contributed by atoms with E-state index in [-0.39, 0.29) is 17.4 Å². The van der Waals surface area contributed by atoms with Crippen molar-refractivity contribution in [1.29, 1.82) is 0 Å². The van der Waals surface area contributed by atoms with E-state index >= 15 is 0 Å². The molecule has 0 bridgehead atoms. The van der Waals surface area contributed by atoms with Crippen LogP contribution in [0.1, 0.15) is 5.56 Å². The predicted molar refractivity (Wildman–Crippen MR) is 73.5 cm³/mol. The van der Waals surface area contributed by atoms with Crippen LogP contribution >= 0.6 is 12.2 Å². The molecule has 0 aromatic carbocycles. The number of aromatic nitrogens is 1. The van der Waals surface area contributed by atoms with E-state index in [1.54, 1.807) is 25.4 Å². The number of anilines is 1. The molecule has 1 aromatic rings. The summed E-state index contributed by atoms with van der Waals surface area (Å²) in [6, 6.07) is 3.48. The molecule has 0 fully saturated rings. The average Bonchev–Trinajstić information content (AvgIpc) is 2.37. The van der Waals surface area contributed by atoms with Crippen molar-refractivity contribution >= 4 is 28.9 Å². The molecule has 1 rings (SSSR count). The summed E-state index contributed by atoms with van der Waals surface area (Å²) in [5, 5.41) is 5.57. The maximum absolute atomic E-state index is 11.5. The summed E-state index contributed by atoms with van der Waals surface area (Å²) in [6.45, 7) is 1.06. The second-order valence-corrected chi connectivity index (χ2v) is 3.90. The van der Waals surface area contributed by atoms with Crippen molar-refractivity contribution in [2.75, 3.05) is 32.1 Å². The van der Waals surface area contributed by atoms with Gasteiger partial charge in [-0.05, 0) is 12.1 Å². The van der Waals surface area contributed by atoms with E-state index in [2.05, 4.69) is 15.6 Å². The second kappa shape index (κ2) is 7.57. The minimum Gasteiger partial charge on any atom is -0.389 e. The third-order valence-corrected chi connectivity index (χ3v) is 2.34. The summed E-state index contributed by atoms with van der Waals surface area (Å²) in [7, 11) is 1.58. The first-order chi connectivity index (χ1) is 8.65. The van der Waals surface area contributed by atoms with Gasteiger partial charge in [0.05, 0.1) is 18.7 Å². The fourth-order valence-corrected chi connectivity index (χ4v) is 1.43. The number of nitrogens with two attached hydrogens (primary N) is 1. The molecule has 18 heavy (non-hydrogen) atoms. The topological polar surface area (TPSA) is 89.3 Å². The lowest BCUT2D eigenvalue weighted by molar-refractivity contribution is -0.119. The van der Waals surface area contributed by atoms with Gasteiger partial charge < -0.3 is 21.1 Å². The number of pyridine rings is 1. The summed E-state index contributed by atoms with van der Waals surface area (Å²) in [4.78, 5) is 15.8. The fourth-order valence-electron chi connectivity index (χ4n) is 1.26. The predicted octanol–water partition coefficient (Wildman–Crippen LogP) is -0.110. The molecule has 98 valence electrons. The summed E-state index contributed by atoms with van der Waals surface area (Å²) in [6.07, 6.45) is 1.60. The molecular weight excluding hydrogens is 252 g/mol. The van der Waals surface area contributed by atoms with Gasteiger partial charge in [-0.15, -0.1) is 0 Å². The summed E-state index contributed by atoms with van der Waals surface area (Å²) < 4.78 is 4.82. The number of ether oxygens (including phenoxy) is 1. The molecule has 0 aliphatic heterocycles. The summed E-state index contributed by atoms with van der Waals surface area (Å²) in [5.74, 6) is 0.360. The maximum Gasteiger partial charge on any atom is 0.239 e. The van der Waals surface area contributed by atoms with Crippen LogP contribution < -0.4 is 16.4 Å². The van der Waals surface area contributed by atoms with Crippen LogP contribution in [0.15, 0.2) is 18.3 Å². The molecule has 0 radical (unpaired) electrons. The third kappa shape index (κ3) is 4.64. The number of methoxy groups -OCH3 is 1. The molecule has 0 saturated carbocycles. The number of rotatable bonds is 7. The lowest BCUT2D eigenvalue weighted by Gasteiger charge is -2.09. The van der Waals surface area contributed by atoms with Gasteiger partial charge in [-0.1, -0.05) is 12.2 Å². The van der Waals surface area contributed by atoms with Gasteiger partial charge in [0.25, 0.3) is 0 Å². The Hall–Kier alpha value is -1.73. The molecule has 1 amide bonds. The van der Waals surface area contributed by atoms with Crippen molar-refractivity contribution in [3.05, 3.63) is 23.9 Å². The highest BCUT2D eigenvalue weighted by molar-refractivity contribution is 7.80. The Morgan fingerprint density at radius 1 is 1.61 bits per heavy atom. The van der Waals surface area contributed by atoms with Crippen LogP contribution in [-0.4, -0.2) is 42.7 Å². The van der Waals surface area contributed by atoms with Crippen LogP contribution in [0, 0.1) is 0 Å². The Kier molecular flexibility index (Phi) is 6.03. The Morgan fingerprint density at radius 2 is 2.39 bits per heavy atom. The standard InChI is InChI=1S/C11H16N4O2S/c1-17-6-5-13-9(16)7-15-11-8(10(12)18)3-2-4-14-11/h2-4H,5-7H2,1H3,(H2,12,18)(H,13,16)(H,14,15). The average molecular weight is 268 g/mol. The molecular formula is C11H16N4O2S. The Bertz CT molecular complexity index is 425. The van der Waals surface area contributed by atoms with Crippen molar-refractivity contribution in [3.63, 3.8) is 0 Å². The molecule has 0 spiro atoms. The Balaban J connectivity index is 2.48. The molecule has 0 atom stereocenters. The third-order valence-electron chi connectivity index (χ3n) is 2.12. The van der Waals surface area contributed by atoms with Gasteiger partial charge in [0.1, 0.15) is 10.8 Å². The molecule has 1 heterocycles. The molecule has 0 aliphatic carbocycles. The normalized spacial score (nSPS) is 9.83. The van der Waals surface area contributed by atoms with Gasteiger partial charge in [0, 0.05) is 19.9 Å². The minimum absolute atomic E-state index is 0.107. The SMILES string of the molecule is COCCNC(=O)CNc1ncccc1C(N)=S. The van der Waals surface area contributed by atoms with Crippen molar-refractivity contribution in [2.24, 2.45) is 5.73 Å². The highest BCUT2D eigenvalue weighted by Gasteiger charge is 2.07. The van der Waals surface area contributed by atoms with E-state index in [9.17, 15) is 4.79 Å². The van der Waals surface area contributed by atoms with Gasteiger partial charge >= 0.3 is 0 Å². The van der Waals surface area contributed by atoms with E-state index in [0.717, 1.165) is 0 Å². The van der Waals surface area contributed by atoms with Crippen molar-refractivity contribution in [1.82, 2.24) is 10.3 Å². The summed E-state index contributed by atoms with van der Waals surface area (Å²) >= 11 is 4.90. The highest BCUT2D eigenvalue weighted by atomic mass is 32.1. The number of thiocarbonyl (C=S) groups is 1. The zero-order chi connectivity index (χ0) is 13.4. The number of hydrogen-bond acceptors (Lipinski definition) is 5. The molecule has 0 unspecified atom stereocenters. The molecule has 7 heteroatoms. The van der Waals surface area contributed by atoms with Crippen molar-refractivity contribution in [3.8, 4) is 0 Å². The van der Waals surface area contributed by atoms with Crippen molar-refractivity contribution < 1.29 is 9.53 Å². The van der Waals surface area contributed by atoms with E-state index < -0.39 is 0 Å². The maximum atomic E-state index is 11.5. The van der Waals surface area contributed by atoms with E-state index in [1.807, 2.05) is 0 Å². The number of amides is 1. The minimum atomic E-state index is -0.147. The fraction of sp³-hybridized carbons (Fsp3) is 0.364. The molecule has 0 aliphatic rings. The zero-order valence-corrected chi connectivity index (χ0v) is 10.9. The largest absolute Gasteiger partial charge is 0.389 e. The highest BCUT2D eigenvalue weighted by Crippen LogP contribution is 2.10. The second-order valence-electron chi connectivity index (χ2n) is 3.46. The first-order valence-corrected chi connectivity index (χ1v) is 5.80. The number of nitrogens with one attached hydrogen (secondary N) is 2. The number of carbonyl (C=O) groups is 1. The van der Waals surface area contributed by atoms with Gasteiger partial charge in [0.2, 0.25) is 5.91 Å². The van der Waals surface area contributed by atoms with Crippen molar-refractivity contribution in [2.45, 2.75) is 0 Å². The van der Waals surface area contributed by atoms with Crippen LogP contribution in [0.5, 0.6) is 0 Å². The quantitative estimate of drug-likeness (QED) is 0.472. The molecule has 1 aromatic heterocycles. The van der Waals surface area contributed by atoms with Gasteiger partial charge in [-0.25, -0.2) is 4.98 Å². The van der Waals surface area contributed by atoms with E-state index in [0.29, 0.717) is 24.5 Å². The van der Waals surface area contributed by atoms with Crippen LogP contribution in [0.2, 0.25) is 0 Å². The zero-order valence-electron chi connectivity index (χ0n) is 10.1. The molecule has 6 nitrogen and oxygen atoms in total. The Morgan fingerprint density at radius 3 is 3.06 bits per heavy atom. The lowest BCUT2D eigenvalue weighted by Crippen LogP contribution is -2.32. The Labute approximate surface area is 111 Å². The van der Waals surface area contributed by atoms with Crippen LogP contribution in [0.3, 0.4) is 0 Å². The van der Waals surface area contributed by atoms with Gasteiger partial charge in [0.15, 0.2) is 0 Å². The smallest absolute Gasteiger partial charge is 0.239 e. The van der Waals surface area contributed by atoms with Gasteiger partial charge in [-0.3, -0.25) is 4.79 Å². The first-order valence-electron chi connectivity index (χ1n) is 5.39. The van der Waals surface area contributed by atoms with E-state index in [4.69, 9.17) is 22.7 Å². The van der Waals surface area contributed by atoms with Crippen LogP contribution in [0.4, 0.5) is 5.82 Å². The van der Waals surface area contributed by atoms with Crippen LogP contribution in [-0.2, 0) is 9.53 Å². The molecule has 4 N–H and O–H groups in total.